The first-order chi connectivity index (χ1) is 16.9. The van der Waals surface area contributed by atoms with E-state index in [1.165, 1.54) is 13.0 Å². The Kier molecular flexibility index (Phi) is 6.38. The average Bonchev–Trinajstić information content (AvgIpc) is 2.99. The summed E-state index contributed by atoms with van der Waals surface area (Å²) in [6.07, 6.45) is 2.24. The van der Waals surface area contributed by atoms with Gasteiger partial charge in [0, 0.05) is 42.2 Å². The molecule has 0 aliphatic heterocycles. The number of carboxylic acids is 1. The van der Waals surface area contributed by atoms with Crippen molar-refractivity contribution in [1.29, 1.82) is 0 Å². The van der Waals surface area contributed by atoms with Crippen LogP contribution in [-0.2, 0) is 24.0 Å². The van der Waals surface area contributed by atoms with Crippen LogP contribution in [-0.4, -0.2) is 45.4 Å². The third-order valence-electron chi connectivity index (χ3n) is 11.0. The number of aliphatic carboxylic acids is 1. The van der Waals surface area contributed by atoms with Gasteiger partial charge < -0.3 is 10.2 Å². The fraction of sp³-hybridized carbons (Fsp3) is 0.700. The molecule has 7 atom stereocenters. The van der Waals surface area contributed by atoms with E-state index in [0.29, 0.717) is 29.6 Å². The number of Topliss-reactive ketones (excluding diaryl/α,β-unsaturated/α-hetero) is 3. The molecule has 0 aromatic rings. The molecule has 0 aromatic carbocycles. The van der Waals surface area contributed by atoms with E-state index >= 15 is 0 Å². The Balaban J connectivity index is 1.81. The lowest BCUT2D eigenvalue weighted by Crippen LogP contribution is -2.59. The van der Waals surface area contributed by atoms with Gasteiger partial charge >= 0.3 is 5.97 Å². The van der Waals surface area contributed by atoms with E-state index in [1.807, 2.05) is 34.6 Å². The van der Waals surface area contributed by atoms with E-state index < -0.39 is 45.6 Å². The van der Waals surface area contributed by atoms with Gasteiger partial charge in [-0.15, -0.1) is 0 Å². The molecule has 2 fully saturated rings. The molecule has 0 bridgehead atoms. The van der Waals surface area contributed by atoms with Crippen molar-refractivity contribution >= 4 is 29.1 Å². The summed E-state index contributed by atoms with van der Waals surface area (Å²) >= 11 is 0. The molecule has 0 spiro atoms. The van der Waals surface area contributed by atoms with Crippen LogP contribution in [0.5, 0.6) is 0 Å². The second-order valence-electron chi connectivity index (χ2n) is 13.3. The van der Waals surface area contributed by atoms with Gasteiger partial charge in [0.25, 0.3) is 0 Å². The van der Waals surface area contributed by atoms with Gasteiger partial charge in [-0.3, -0.25) is 24.0 Å². The molecule has 0 aromatic heterocycles. The Labute approximate surface area is 218 Å². The first-order valence-electron chi connectivity index (χ1n) is 13.4. The number of carboxylic acid groups (broad SMARTS) is 1. The van der Waals surface area contributed by atoms with Crippen molar-refractivity contribution in [2.75, 3.05) is 0 Å². The predicted molar refractivity (Wildman–Crippen MR) is 136 cm³/mol. The van der Waals surface area contributed by atoms with Gasteiger partial charge in [0.05, 0.1) is 17.4 Å². The molecule has 2 saturated carbocycles. The van der Waals surface area contributed by atoms with Gasteiger partial charge in [0.15, 0.2) is 17.3 Å². The van der Waals surface area contributed by atoms with Gasteiger partial charge in [-0.1, -0.05) is 40.2 Å². The third-order valence-corrected chi connectivity index (χ3v) is 11.0. The fourth-order valence-electron chi connectivity index (χ4n) is 8.42. The molecule has 37 heavy (non-hydrogen) atoms. The molecule has 7 unspecified atom stereocenters. The normalized spacial score (nSPS) is 40.2. The van der Waals surface area contributed by atoms with Crippen molar-refractivity contribution in [2.45, 2.75) is 93.1 Å². The molecule has 202 valence electrons. The second kappa shape index (κ2) is 8.55. The maximum Gasteiger partial charge on any atom is 0.306 e. The number of rotatable bonds is 5. The van der Waals surface area contributed by atoms with Crippen LogP contribution < -0.4 is 0 Å². The van der Waals surface area contributed by atoms with Crippen molar-refractivity contribution in [1.82, 2.24) is 0 Å². The molecule has 0 saturated heterocycles. The monoisotopic (exact) mass is 512 g/mol. The SMILES string of the molecule is C/C(=C/C(=O)CC(C)C(=O)O)C1CC(=O)C2(C)C3=C(C(=O)CC12C)C1(C)CCC(O)C(C)(C)C1CC3=O. The summed E-state index contributed by atoms with van der Waals surface area (Å²) < 4.78 is 0. The van der Waals surface area contributed by atoms with Gasteiger partial charge in [0.1, 0.15) is 5.78 Å². The summed E-state index contributed by atoms with van der Waals surface area (Å²) in [6.45, 7) is 12.9. The Hall–Kier alpha value is -2.41. The molecule has 2 N–H and O–H groups in total. The summed E-state index contributed by atoms with van der Waals surface area (Å²) in [5.74, 6) is -3.18. The lowest BCUT2D eigenvalue weighted by atomic mass is 9.43. The Morgan fingerprint density at radius 3 is 2.24 bits per heavy atom. The van der Waals surface area contributed by atoms with Crippen molar-refractivity contribution in [3.63, 3.8) is 0 Å². The zero-order chi connectivity index (χ0) is 27.9. The first-order valence-corrected chi connectivity index (χ1v) is 13.4. The number of hydrogen-bond donors (Lipinski definition) is 2. The highest BCUT2D eigenvalue weighted by molar-refractivity contribution is 6.16. The highest BCUT2D eigenvalue weighted by Gasteiger charge is 2.70. The van der Waals surface area contributed by atoms with Crippen molar-refractivity contribution in [2.24, 2.45) is 39.4 Å². The number of fused-ring (bicyclic) bond motifs is 4. The molecule has 7 nitrogen and oxygen atoms in total. The average molecular weight is 513 g/mol. The number of aliphatic hydroxyl groups excluding tert-OH is 1. The van der Waals surface area contributed by atoms with E-state index in [0.717, 1.165) is 0 Å². The van der Waals surface area contributed by atoms with Crippen LogP contribution in [0.1, 0.15) is 87.0 Å². The van der Waals surface area contributed by atoms with E-state index in [2.05, 4.69) is 0 Å². The molecule has 7 heteroatoms. The lowest BCUT2D eigenvalue weighted by molar-refractivity contribution is -0.144. The maximum absolute atomic E-state index is 14.0. The molecular weight excluding hydrogens is 472 g/mol. The summed E-state index contributed by atoms with van der Waals surface area (Å²) in [5.41, 5.74) is -1.66. The van der Waals surface area contributed by atoms with Crippen LogP contribution in [0.4, 0.5) is 0 Å². The Morgan fingerprint density at radius 1 is 1.03 bits per heavy atom. The van der Waals surface area contributed by atoms with Crippen LogP contribution in [0.3, 0.4) is 0 Å². The minimum absolute atomic E-state index is 0.0930. The van der Waals surface area contributed by atoms with Crippen LogP contribution >= 0.6 is 0 Å². The summed E-state index contributed by atoms with van der Waals surface area (Å²) in [7, 11) is 0. The number of ketones is 4. The van der Waals surface area contributed by atoms with Gasteiger partial charge in [-0.25, -0.2) is 0 Å². The quantitative estimate of drug-likeness (QED) is 0.527. The molecule has 4 aliphatic carbocycles. The van der Waals surface area contributed by atoms with Crippen molar-refractivity contribution < 1.29 is 34.2 Å². The molecule has 0 heterocycles. The standard InChI is InChI=1S/C30H40O7/c1-15(10-17(31)11-16(2)26(36)37)18-12-23(35)30(7)25-19(32)13-21-27(3,4)22(34)8-9-28(21,5)24(25)20(33)14-29(18,30)6/h10,16,18,21-22,34H,8-9,11-14H2,1-7H3,(H,36,37)/b15-10-. The summed E-state index contributed by atoms with van der Waals surface area (Å²) in [4.78, 5) is 65.5. The second-order valence-corrected chi connectivity index (χ2v) is 13.3. The van der Waals surface area contributed by atoms with E-state index in [9.17, 15) is 29.1 Å². The van der Waals surface area contributed by atoms with Crippen molar-refractivity contribution in [3.05, 3.63) is 22.8 Å². The van der Waals surface area contributed by atoms with Crippen LogP contribution in [0.25, 0.3) is 0 Å². The maximum atomic E-state index is 14.0. The number of carbonyl (C=O) groups is 5. The number of aliphatic hydroxyl groups is 1. The fourth-order valence-corrected chi connectivity index (χ4v) is 8.42. The predicted octanol–water partition coefficient (Wildman–Crippen LogP) is 4.26. The third kappa shape index (κ3) is 3.67. The smallest absolute Gasteiger partial charge is 0.306 e. The number of hydrogen-bond acceptors (Lipinski definition) is 6. The highest BCUT2D eigenvalue weighted by Crippen LogP contribution is 2.69. The Bertz CT molecular complexity index is 1170. The molecule has 0 radical (unpaired) electrons. The van der Waals surface area contributed by atoms with Crippen LogP contribution in [0, 0.1) is 39.4 Å². The van der Waals surface area contributed by atoms with Gasteiger partial charge in [-0.05, 0) is 55.4 Å². The number of carbonyl (C=O) groups excluding carboxylic acids is 4. The highest BCUT2D eigenvalue weighted by atomic mass is 16.4. The van der Waals surface area contributed by atoms with Gasteiger partial charge in [0.2, 0.25) is 0 Å². The first kappa shape index (κ1) is 27.6. The minimum Gasteiger partial charge on any atom is -0.481 e. The van der Waals surface area contributed by atoms with E-state index in [1.54, 1.807) is 6.92 Å². The summed E-state index contributed by atoms with van der Waals surface area (Å²) in [6, 6.07) is 0. The Morgan fingerprint density at radius 2 is 1.65 bits per heavy atom. The zero-order valence-corrected chi connectivity index (χ0v) is 23.1. The number of allylic oxidation sites excluding steroid dienone is 4. The molecule has 4 rings (SSSR count). The molecule has 4 aliphatic rings. The molecular formula is C30H40O7. The zero-order valence-electron chi connectivity index (χ0n) is 23.1. The van der Waals surface area contributed by atoms with E-state index in [4.69, 9.17) is 5.11 Å². The lowest BCUT2D eigenvalue weighted by Gasteiger charge is -2.59. The van der Waals surface area contributed by atoms with Crippen LogP contribution in [0.2, 0.25) is 0 Å². The minimum atomic E-state index is -1.15. The largest absolute Gasteiger partial charge is 0.481 e. The molecule has 0 amide bonds. The summed E-state index contributed by atoms with van der Waals surface area (Å²) in [5, 5.41) is 19.9. The topological polar surface area (TPSA) is 126 Å². The van der Waals surface area contributed by atoms with Crippen molar-refractivity contribution in [3.8, 4) is 0 Å². The van der Waals surface area contributed by atoms with Crippen LogP contribution in [0.15, 0.2) is 22.8 Å². The van der Waals surface area contributed by atoms with Gasteiger partial charge in [-0.2, -0.15) is 0 Å². The van der Waals surface area contributed by atoms with E-state index in [-0.39, 0.29) is 54.7 Å².